The molecule has 30 heavy (non-hydrogen) atoms. The Kier molecular flexibility index (Phi) is 5.84. The zero-order valence-electron chi connectivity index (χ0n) is 15.9. The first-order valence-electron chi connectivity index (χ1n) is 8.81. The maximum atomic E-state index is 14.4. The molecule has 0 saturated carbocycles. The van der Waals surface area contributed by atoms with E-state index in [2.05, 4.69) is 25.3 Å². The fraction of sp³-hybridized carbons (Fsp3) is 0.333. The highest BCUT2D eigenvalue weighted by Gasteiger charge is 2.36. The minimum Gasteiger partial charge on any atom is -0.354 e. The van der Waals surface area contributed by atoms with Gasteiger partial charge in [0.15, 0.2) is 17.5 Å². The lowest BCUT2D eigenvalue weighted by Gasteiger charge is -2.29. The first kappa shape index (κ1) is 21.8. The molecule has 0 aliphatic carbocycles. The van der Waals surface area contributed by atoms with Crippen LogP contribution in [0.2, 0.25) is 5.02 Å². The number of carbonyl (C=O) groups is 1. The van der Waals surface area contributed by atoms with Crippen LogP contribution in [0.25, 0.3) is 22.4 Å². The zero-order chi connectivity index (χ0) is 22.1. The number of aromatic nitrogens is 4. The lowest BCUT2D eigenvalue weighted by Crippen LogP contribution is -2.52. The molecular weight excluding hydrogens is 428 g/mol. The topological polar surface area (TPSA) is 95.6 Å². The zero-order valence-corrected chi connectivity index (χ0v) is 16.6. The monoisotopic (exact) mass is 450 g/mol. The lowest BCUT2D eigenvalue weighted by molar-refractivity contribution is -0.140. The summed E-state index contributed by atoms with van der Waals surface area (Å²) in [6.45, 7) is 1.44. The average molecular weight is 451 g/mol. The summed E-state index contributed by atoms with van der Waals surface area (Å²) in [7, 11) is 0. The summed E-state index contributed by atoms with van der Waals surface area (Å²) in [4.78, 5) is 27.5. The number of hydrogen-bond donors (Lipinski definition) is 3. The Bertz CT molecular complexity index is 1100. The molecule has 3 aromatic rings. The van der Waals surface area contributed by atoms with Gasteiger partial charge in [-0.1, -0.05) is 18.5 Å². The molecule has 7 nitrogen and oxygen atoms in total. The van der Waals surface area contributed by atoms with Crippen LogP contribution in [-0.4, -0.2) is 44.1 Å². The first-order chi connectivity index (χ1) is 14.0. The maximum Gasteiger partial charge on any atom is 0.405 e. The Hall–Kier alpha value is -2.95. The Morgan fingerprint density at radius 2 is 2.03 bits per heavy atom. The second kappa shape index (κ2) is 8.05. The van der Waals surface area contributed by atoms with Crippen molar-refractivity contribution >= 4 is 34.4 Å². The van der Waals surface area contributed by atoms with Crippen LogP contribution in [0.1, 0.15) is 24.5 Å². The van der Waals surface area contributed by atoms with Gasteiger partial charge in [-0.05, 0) is 19.4 Å². The summed E-state index contributed by atoms with van der Waals surface area (Å²) < 4.78 is 51.7. The molecule has 1 amide bonds. The number of amides is 1. The summed E-state index contributed by atoms with van der Waals surface area (Å²) >= 11 is 5.98. The first-order valence-corrected chi connectivity index (χ1v) is 9.19. The smallest absolute Gasteiger partial charge is 0.354 e. The minimum absolute atomic E-state index is 0. The van der Waals surface area contributed by atoms with E-state index in [0.717, 1.165) is 6.20 Å². The molecule has 0 radical (unpaired) electrons. The van der Waals surface area contributed by atoms with Crippen LogP contribution in [0.4, 0.5) is 23.4 Å². The fourth-order valence-electron chi connectivity index (χ4n) is 2.69. The van der Waals surface area contributed by atoms with Crippen molar-refractivity contribution in [1.29, 1.82) is 0 Å². The molecule has 0 fully saturated rings. The number of hydrogen-bond acceptors (Lipinski definition) is 5. The number of fused-ring (bicyclic) bond motifs is 1. The number of H-pyrrole nitrogens is 1. The van der Waals surface area contributed by atoms with Gasteiger partial charge in [0.2, 0.25) is 5.91 Å². The molecule has 3 heterocycles. The molecule has 3 aromatic heterocycles. The number of nitrogens with one attached hydrogen (secondary N) is 3. The second-order valence-corrected chi connectivity index (χ2v) is 7.19. The number of halogens is 5. The second-order valence-electron chi connectivity index (χ2n) is 6.75. The van der Waals surface area contributed by atoms with E-state index in [1.165, 1.54) is 13.1 Å². The number of alkyl halides is 3. The van der Waals surface area contributed by atoms with Crippen molar-refractivity contribution in [1.82, 2.24) is 25.3 Å². The SMILES string of the molecule is CC[C@](C)(Nc1nc(-c2c[nH]c3ncc(Cl)cc23)ncc1F)C(=O)NCC(F)(F)F.[HH].[HH].[HH]. The predicted octanol–water partition coefficient (Wildman–Crippen LogP) is 4.81. The minimum atomic E-state index is -4.57. The van der Waals surface area contributed by atoms with Gasteiger partial charge in [0.25, 0.3) is 0 Å². The Morgan fingerprint density at radius 1 is 1.30 bits per heavy atom. The summed E-state index contributed by atoms with van der Waals surface area (Å²) in [6.07, 6.45) is -0.565. The highest BCUT2D eigenvalue weighted by molar-refractivity contribution is 6.31. The number of anilines is 1. The molecular formula is C18H23ClF4N6O. The third-order valence-corrected chi connectivity index (χ3v) is 4.74. The van der Waals surface area contributed by atoms with Gasteiger partial charge in [0.05, 0.1) is 11.2 Å². The third kappa shape index (κ3) is 4.61. The van der Waals surface area contributed by atoms with Crippen molar-refractivity contribution in [3.05, 3.63) is 35.5 Å². The van der Waals surface area contributed by atoms with Gasteiger partial charge >= 0.3 is 6.18 Å². The molecule has 0 saturated heterocycles. The van der Waals surface area contributed by atoms with E-state index in [1.54, 1.807) is 24.5 Å². The maximum absolute atomic E-state index is 14.4. The Labute approximate surface area is 177 Å². The molecule has 0 spiro atoms. The number of nitrogens with zero attached hydrogens (tertiary/aromatic N) is 3. The molecule has 0 aliphatic heterocycles. The van der Waals surface area contributed by atoms with Gasteiger partial charge in [0.1, 0.15) is 17.7 Å². The standard InChI is InChI=1S/C18H17ClF4N6O.3H2/c1-3-17(2,16(30)27-8-18(21,22)23)29-15-12(20)7-26-14(28-15)11-6-25-13-10(11)4-9(19)5-24-13;;;/h4-7H,3,8H2,1-2H3,(H,24,25)(H,27,30)(H,26,28,29);3*1H/t17-;;;/m0.../s1. The summed E-state index contributed by atoms with van der Waals surface area (Å²) in [6, 6.07) is 1.64. The van der Waals surface area contributed by atoms with Crippen LogP contribution in [-0.2, 0) is 4.79 Å². The molecule has 0 unspecified atom stereocenters. The van der Waals surface area contributed by atoms with E-state index >= 15 is 0 Å². The number of carbonyl (C=O) groups excluding carboxylic acids is 1. The molecule has 3 N–H and O–H groups in total. The quantitative estimate of drug-likeness (QED) is 0.468. The molecule has 166 valence electrons. The Morgan fingerprint density at radius 3 is 2.70 bits per heavy atom. The van der Waals surface area contributed by atoms with Crippen molar-refractivity contribution in [3.8, 4) is 11.4 Å². The van der Waals surface area contributed by atoms with Crippen molar-refractivity contribution in [3.63, 3.8) is 0 Å². The molecule has 3 rings (SSSR count). The molecule has 12 heteroatoms. The third-order valence-electron chi connectivity index (χ3n) is 4.53. The van der Waals surface area contributed by atoms with Crippen LogP contribution >= 0.6 is 11.6 Å². The van der Waals surface area contributed by atoms with Crippen molar-refractivity contribution in [2.24, 2.45) is 0 Å². The number of aromatic amines is 1. The summed E-state index contributed by atoms with van der Waals surface area (Å²) in [5.41, 5.74) is -0.535. The molecule has 0 bridgehead atoms. The van der Waals surface area contributed by atoms with Gasteiger partial charge in [0, 0.05) is 27.6 Å². The van der Waals surface area contributed by atoms with Crippen LogP contribution in [0.15, 0.2) is 24.7 Å². The van der Waals surface area contributed by atoms with Gasteiger partial charge in [-0.3, -0.25) is 4.79 Å². The predicted molar refractivity (Wildman–Crippen MR) is 110 cm³/mol. The van der Waals surface area contributed by atoms with E-state index in [0.29, 0.717) is 21.6 Å². The fourth-order valence-corrected chi connectivity index (χ4v) is 2.85. The van der Waals surface area contributed by atoms with E-state index in [9.17, 15) is 22.4 Å². The summed E-state index contributed by atoms with van der Waals surface area (Å²) in [5, 5.41) is 5.40. The molecule has 0 aromatic carbocycles. The van der Waals surface area contributed by atoms with Gasteiger partial charge < -0.3 is 15.6 Å². The van der Waals surface area contributed by atoms with Crippen LogP contribution < -0.4 is 10.6 Å². The van der Waals surface area contributed by atoms with Crippen LogP contribution in [0, 0.1) is 5.82 Å². The largest absolute Gasteiger partial charge is 0.405 e. The van der Waals surface area contributed by atoms with Crippen LogP contribution in [0.3, 0.4) is 0 Å². The molecule has 1 atom stereocenters. The van der Waals surface area contributed by atoms with Gasteiger partial charge in [-0.25, -0.2) is 19.3 Å². The van der Waals surface area contributed by atoms with Gasteiger partial charge in [-0.2, -0.15) is 13.2 Å². The normalized spacial score (nSPS) is 13.8. The van der Waals surface area contributed by atoms with E-state index in [-0.39, 0.29) is 22.3 Å². The highest BCUT2D eigenvalue weighted by Crippen LogP contribution is 2.29. The number of rotatable bonds is 6. The van der Waals surface area contributed by atoms with Crippen molar-refractivity contribution in [2.45, 2.75) is 32.0 Å². The van der Waals surface area contributed by atoms with Gasteiger partial charge in [-0.15, -0.1) is 0 Å². The lowest BCUT2D eigenvalue weighted by atomic mass is 9.97. The van der Waals surface area contributed by atoms with Crippen LogP contribution in [0.5, 0.6) is 0 Å². The number of pyridine rings is 1. The Balaban J connectivity index is 0.00000341. The highest BCUT2D eigenvalue weighted by atomic mass is 35.5. The molecule has 0 aliphatic rings. The van der Waals surface area contributed by atoms with E-state index in [4.69, 9.17) is 11.6 Å². The summed E-state index contributed by atoms with van der Waals surface area (Å²) in [5.74, 6) is -2.01. The van der Waals surface area contributed by atoms with E-state index < -0.39 is 30.0 Å². The van der Waals surface area contributed by atoms with Crippen molar-refractivity contribution < 1.29 is 26.6 Å². The van der Waals surface area contributed by atoms with E-state index in [1.807, 2.05) is 0 Å². The average Bonchev–Trinajstić information content (AvgIpc) is 3.10. The van der Waals surface area contributed by atoms with Crippen molar-refractivity contribution in [2.75, 3.05) is 11.9 Å².